The molecule has 18 rings (SSSR count). The molecular weight excluding hydrogens is 2050 g/mol. The first-order chi connectivity index (χ1) is 70.7. The third-order valence-corrected chi connectivity index (χ3v) is 28.4. The molecule has 748 valence electrons. The molecule has 21 N–H and O–H groups in total. The van der Waals surface area contributed by atoms with Gasteiger partial charge in [-0.3, -0.25) is 94.3 Å². The van der Waals surface area contributed by atoms with E-state index in [1.807, 2.05) is 156 Å². The van der Waals surface area contributed by atoms with Crippen LogP contribution in [0.2, 0.25) is 0 Å². The maximum absolute atomic E-state index is 12.6. The molecule has 1 aliphatic rings. The van der Waals surface area contributed by atoms with Gasteiger partial charge in [0.1, 0.15) is 11.4 Å². The van der Waals surface area contributed by atoms with Crippen LogP contribution in [0.1, 0.15) is 73.0 Å². The van der Waals surface area contributed by atoms with Crippen molar-refractivity contribution in [3.63, 3.8) is 0 Å². The number of hydroxylamine groups is 6. The lowest BCUT2D eigenvalue weighted by Crippen LogP contribution is -2.43. The SMILES string of the molecule is Nc1nc(-c2ccc(/C=C/C(=O)NO)cc2)cs1.O=C(Cc1ccc(-c2csc(NC(=O)Cc3ccccc3)n2)s1)NO.O=C(Cc1ccc(-c2csc(NC(=O)c3ccc(N4CCNCC4)cc3)n2)s1)NO.O=C(Cc1ccc(-c2csc(NS(=O)(=O)c3ccccc3)n2)s1)NO.O=C(Cc1ccccc1)Nc1nc(-c2cc(C(=O)NO)no2)cs1.O=C(Nc1cccc(-c2cc(C(=O)NO)[nH]n2)c1)c1ccccc1. The van der Waals surface area contributed by atoms with Crippen molar-refractivity contribution in [3.05, 3.63) is 329 Å². The van der Waals surface area contributed by atoms with Gasteiger partial charge in [0.25, 0.3) is 39.6 Å². The smallest absolute Gasteiger partial charge is 0.296 e. The second-order valence-corrected chi connectivity index (χ2v) is 39.7. The monoisotopic (exact) mass is 2140 g/mol. The summed E-state index contributed by atoms with van der Waals surface area (Å²) in [6.07, 6.45) is 3.69. The number of sulfonamides is 1. The maximum atomic E-state index is 12.6. The quantitative estimate of drug-likeness (QED) is 0.0113. The number of thiazole rings is 5. The Labute approximate surface area is 861 Å². The van der Waals surface area contributed by atoms with Crippen LogP contribution in [0.25, 0.3) is 71.8 Å². The van der Waals surface area contributed by atoms with E-state index >= 15 is 0 Å². The molecule has 0 atom stereocenters. The number of piperazine rings is 1. The molecule has 0 bridgehead atoms. The molecular formula is C96H86N22O19S9. The highest BCUT2D eigenvalue weighted by Crippen LogP contribution is 2.37. The van der Waals surface area contributed by atoms with Crippen molar-refractivity contribution in [3.8, 4) is 65.7 Å². The number of H-pyrrole nitrogens is 1. The third kappa shape index (κ3) is 32.4. The number of nitrogen functional groups attached to an aromatic ring is 1. The summed E-state index contributed by atoms with van der Waals surface area (Å²) in [6, 6.07) is 71.8. The highest BCUT2D eigenvalue weighted by Gasteiger charge is 2.23. The van der Waals surface area contributed by atoms with Gasteiger partial charge in [0.05, 0.1) is 80.1 Å². The van der Waals surface area contributed by atoms with Crippen LogP contribution in [-0.2, 0) is 70.9 Å². The molecule has 0 spiro atoms. The van der Waals surface area contributed by atoms with Crippen molar-refractivity contribution in [1.29, 1.82) is 0 Å². The lowest BCUT2D eigenvalue weighted by molar-refractivity contribution is -0.129. The highest BCUT2D eigenvalue weighted by molar-refractivity contribution is 7.93. The molecule has 0 radical (unpaired) electrons. The summed E-state index contributed by atoms with van der Waals surface area (Å²) in [5.41, 5.74) is 26.1. The normalized spacial score (nSPS) is 11.3. The Morgan fingerprint density at radius 3 is 1.39 bits per heavy atom. The van der Waals surface area contributed by atoms with Crippen molar-refractivity contribution in [1.82, 2.24) is 78.5 Å². The summed E-state index contributed by atoms with van der Waals surface area (Å²) in [4.78, 5) is 145. The third-order valence-electron chi connectivity index (χ3n) is 19.9. The van der Waals surface area contributed by atoms with Gasteiger partial charge in [0.15, 0.2) is 37.1 Å². The molecule has 0 unspecified atom stereocenters. The van der Waals surface area contributed by atoms with Crippen LogP contribution >= 0.6 is 90.7 Å². The molecule has 1 saturated heterocycles. The lowest BCUT2D eigenvalue weighted by Gasteiger charge is -2.29. The summed E-state index contributed by atoms with van der Waals surface area (Å²) in [7, 11) is -3.68. The Bertz CT molecular complexity index is 7430. The van der Waals surface area contributed by atoms with Gasteiger partial charge >= 0.3 is 0 Å². The van der Waals surface area contributed by atoms with Gasteiger partial charge in [-0.15, -0.1) is 90.7 Å². The second-order valence-electron chi connectivity index (χ2n) is 30.2. The van der Waals surface area contributed by atoms with E-state index in [2.05, 4.69) is 76.5 Å². The highest BCUT2D eigenvalue weighted by atomic mass is 32.2. The fourth-order valence-electron chi connectivity index (χ4n) is 12.9. The Morgan fingerprint density at radius 1 is 0.411 bits per heavy atom. The number of aromatic nitrogens is 8. The average Bonchev–Trinajstić information content (AvgIpc) is 1.64. The van der Waals surface area contributed by atoms with Gasteiger partial charge in [0, 0.05) is 113 Å². The van der Waals surface area contributed by atoms with Crippen LogP contribution in [0.5, 0.6) is 0 Å². The van der Waals surface area contributed by atoms with E-state index in [1.54, 1.807) is 112 Å². The number of nitrogens with zero attached hydrogens (tertiary/aromatic N) is 8. The minimum atomic E-state index is -3.68. The molecule has 0 aliphatic carbocycles. The summed E-state index contributed by atoms with van der Waals surface area (Å²) in [6.45, 7) is 3.86. The number of hydrogen-bond donors (Lipinski definition) is 20. The number of benzene rings is 7. The molecule has 10 amide bonds. The molecule has 1 fully saturated rings. The van der Waals surface area contributed by atoms with Crippen LogP contribution in [0, 0.1) is 0 Å². The number of hydrogen-bond acceptors (Lipinski definition) is 37. The van der Waals surface area contributed by atoms with E-state index in [0.29, 0.717) is 66.4 Å². The minimum Gasteiger partial charge on any atom is -0.375 e. The van der Waals surface area contributed by atoms with Crippen molar-refractivity contribution in [2.45, 2.75) is 37.0 Å². The number of nitrogens with two attached hydrogens (primary N) is 1. The molecule has 0 saturated carbocycles. The standard InChI is InChI=1S/C20H21N5O3S2.C17H14N4O3.C17H15N3O3S2.C15H12N4O4S.C15H13N3O4S3.C12H11N3O2S/c26-18(24-28)11-15-5-6-17(30-15)16-12-29-20(22-16)23-19(27)13-1-3-14(4-2-13)25-9-7-21-8-10-25;22-16(11-5-2-1-3-6-11)18-13-8-4-7-12(9-13)14-10-15(20-19-14)17(23)21-24;21-15(8-11-4-2-1-3-5-11)19-17-18-13(10-24-17)14-7-6-12(25-14)9-16(22)20-23;20-13(6-9-4-2-1-3-5-9)17-15-16-11(8-24-15)12-7-10(19-23-12)14(21)18-22;19-14(17-20)8-10-6-7-13(24-10)12-9-23-15(16-12)18-25(21,22)11-4-2-1-3-5-11;13-12-14-10(7-18-12)9-4-1-8(2-5-9)3-6-11(16)15-17/h1-6,12,21,28H,7-11H2,(H,24,26)(H,22,23,27);1-10,24H,(H,18,22)(H,19,20)(H,21,23);1-7,10,23H,8-9H2,(H,20,22)(H,18,19,21);1-5,7-8,22H,6H2,(H,18,21)(H,16,17,20);1-7,9,20H,8H2,(H,16,18)(H,17,19);1-7,17H,(H2,13,14)(H,15,16)/b;;;;;6-3+. The Hall–Kier alpha value is -16.3. The molecule has 146 heavy (non-hydrogen) atoms. The first-order valence-corrected chi connectivity index (χ1v) is 51.4. The van der Waals surface area contributed by atoms with E-state index in [1.165, 1.54) is 137 Å². The van der Waals surface area contributed by atoms with E-state index < -0.39 is 45.5 Å². The van der Waals surface area contributed by atoms with Crippen LogP contribution in [0.4, 0.5) is 37.0 Å². The number of nitrogens with one attached hydrogen (secondary N) is 13. The number of carbonyl (C=O) groups is 10. The minimum absolute atomic E-state index is 0.0683. The summed E-state index contributed by atoms with van der Waals surface area (Å²) in [5.74, 6) is -3.89. The van der Waals surface area contributed by atoms with Gasteiger partial charge in [-0.1, -0.05) is 139 Å². The van der Waals surface area contributed by atoms with Crippen molar-refractivity contribution >= 4 is 203 Å². The maximum Gasteiger partial charge on any atom is 0.296 e. The molecule has 10 aromatic heterocycles. The fourth-order valence-corrected chi connectivity index (χ4v) is 20.8. The average molecular weight is 2140 g/mol. The summed E-state index contributed by atoms with van der Waals surface area (Å²) in [5, 5.41) is 87.1. The van der Waals surface area contributed by atoms with Gasteiger partial charge in [-0.2, -0.15) is 5.10 Å². The second kappa shape index (κ2) is 53.7. The predicted molar refractivity (Wildman–Crippen MR) is 557 cm³/mol. The molecule has 11 heterocycles. The van der Waals surface area contributed by atoms with Crippen LogP contribution in [-0.4, -0.2) is 165 Å². The van der Waals surface area contributed by atoms with E-state index in [-0.39, 0.29) is 76.5 Å². The number of anilines is 7. The van der Waals surface area contributed by atoms with Gasteiger partial charge in [-0.25, -0.2) is 66.2 Å². The molecule has 17 aromatic rings. The van der Waals surface area contributed by atoms with Crippen molar-refractivity contribution in [2.24, 2.45) is 0 Å². The number of carbonyl (C=O) groups excluding carboxylic acids is 10. The first-order valence-electron chi connectivity index (χ1n) is 43.1. The molecule has 41 nitrogen and oxygen atoms in total. The Kier molecular flexibility index (Phi) is 39.4. The van der Waals surface area contributed by atoms with Crippen LogP contribution in [0.15, 0.2) is 285 Å². The Morgan fingerprint density at radius 2 is 0.884 bits per heavy atom. The molecule has 7 aromatic carbocycles. The fraction of sp³-hybridized carbons (Fsp3) is 0.0938. The Balaban J connectivity index is 0.000000147. The number of aromatic amines is 1. The van der Waals surface area contributed by atoms with Gasteiger partial charge < -0.3 is 36.4 Å². The van der Waals surface area contributed by atoms with Gasteiger partial charge in [0.2, 0.25) is 29.5 Å². The topological polar surface area (TPSA) is 619 Å². The van der Waals surface area contributed by atoms with E-state index in [4.69, 9.17) is 41.5 Å². The van der Waals surface area contributed by atoms with Crippen LogP contribution < -0.4 is 74.8 Å². The number of thiophene rings is 3. The summed E-state index contributed by atoms with van der Waals surface area (Å²) < 4.78 is 32.0. The largest absolute Gasteiger partial charge is 0.375 e. The summed E-state index contributed by atoms with van der Waals surface area (Å²) >= 11 is 10.7. The van der Waals surface area contributed by atoms with Crippen molar-refractivity contribution < 1.29 is 92.1 Å². The molecule has 50 heteroatoms. The zero-order valence-electron chi connectivity index (χ0n) is 75.8. The first kappa shape index (κ1) is 107. The van der Waals surface area contributed by atoms with E-state index in [0.717, 1.165) is 100 Å². The lowest BCUT2D eigenvalue weighted by atomic mass is 10.1. The van der Waals surface area contributed by atoms with Crippen LogP contribution in [0.3, 0.4) is 0 Å². The number of amides is 10. The zero-order valence-corrected chi connectivity index (χ0v) is 83.2. The zero-order chi connectivity index (χ0) is 103. The van der Waals surface area contributed by atoms with Gasteiger partial charge in [-0.05, 0) is 126 Å². The van der Waals surface area contributed by atoms with E-state index in [9.17, 15) is 56.4 Å². The molecule has 1 aliphatic heterocycles. The number of rotatable bonds is 30. The van der Waals surface area contributed by atoms with Crippen molar-refractivity contribution in [2.75, 3.05) is 62.8 Å². The predicted octanol–water partition coefficient (Wildman–Crippen LogP) is 14.9.